The summed E-state index contributed by atoms with van der Waals surface area (Å²) in [7, 11) is 0. The molecule has 26 heavy (non-hydrogen) atoms. The number of fused-ring (bicyclic) bond motifs is 1. The van der Waals surface area contributed by atoms with E-state index >= 15 is 0 Å². The molecule has 5 heteroatoms. The standard InChI is InChI=1S/C21H23N3OS/c1-21(2,3)16-11-9-15(10-12-16)18-22-20-24(23-18)19(25)17(26-20)13-14-7-5-4-6-8-14/h4-5,9-14H,6-8H2,1-3H3/b17-13-. The Morgan fingerprint density at radius 1 is 1.19 bits per heavy atom. The van der Waals surface area contributed by atoms with Gasteiger partial charge in [0.1, 0.15) is 0 Å². The van der Waals surface area contributed by atoms with Crippen molar-refractivity contribution in [2.24, 2.45) is 5.92 Å². The highest BCUT2D eigenvalue weighted by atomic mass is 32.1. The third kappa shape index (κ3) is 3.23. The molecule has 1 unspecified atom stereocenters. The first kappa shape index (κ1) is 17.2. The van der Waals surface area contributed by atoms with E-state index in [1.807, 2.05) is 12.1 Å². The minimum Gasteiger partial charge on any atom is -0.266 e. The van der Waals surface area contributed by atoms with Crippen molar-refractivity contribution in [1.82, 2.24) is 14.6 Å². The Kier molecular flexibility index (Phi) is 4.27. The Bertz CT molecular complexity index is 1070. The lowest BCUT2D eigenvalue weighted by Gasteiger charge is -2.18. The molecule has 1 aliphatic carbocycles. The largest absolute Gasteiger partial charge is 0.290 e. The van der Waals surface area contributed by atoms with Gasteiger partial charge in [-0.1, -0.05) is 74.6 Å². The predicted molar refractivity (Wildman–Crippen MR) is 107 cm³/mol. The number of rotatable bonds is 2. The van der Waals surface area contributed by atoms with Gasteiger partial charge < -0.3 is 0 Å². The first-order chi connectivity index (χ1) is 12.4. The minimum atomic E-state index is -0.0513. The molecule has 134 valence electrons. The SMILES string of the molecule is CC(C)(C)c1ccc(-c2nc3s/c(=C\C4CC=CCC4)c(=O)n3n2)cc1. The molecule has 0 radical (unpaired) electrons. The topological polar surface area (TPSA) is 47.3 Å². The van der Waals surface area contributed by atoms with Crippen molar-refractivity contribution >= 4 is 22.4 Å². The molecule has 0 aliphatic heterocycles. The number of benzene rings is 1. The van der Waals surface area contributed by atoms with Gasteiger partial charge in [-0.25, -0.2) is 0 Å². The van der Waals surface area contributed by atoms with Gasteiger partial charge in [-0.2, -0.15) is 9.50 Å². The van der Waals surface area contributed by atoms with E-state index in [0.29, 0.717) is 16.7 Å². The van der Waals surface area contributed by atoms with E-state index < -0.39 is 0 Å². The lowest BCUT2D eigenvalue weighted by molar-refractivity contribution is 0.590. The molecule has 0 spiro atoms. The van der Waals surface area contributed by atoms with Crippen molar-refractivity contribution in [2.45, 2.75) is 45.4 Å². The smallest absolute Gasteiger partial charge is 0.266 e. The maximum absolute atomic E-state index is 12.7. The van der Waals surface area contributed by atoms with Crippen LogP contribution in [0.25, 0.3) is 22.4 Å². The summed E-state index contributed by atoms with van der Waals surface area (Å²) in [4.78, 5) is 17.9. The van der Waals surface area contributed by atoms with Crippen LogP contribution in [0, 0.1) is 5.92 Å². The molecule has 0 fully saturated rings. The van der Waals surface area contributed by atoms with Crippen LogP contribution < -0.4 is 10.1 Å². The van der Waals surface area contributed by atoms with Crippen LogP contribution in [0.1, 0.15) is 45.6 Å². The highest BCUT2D eigenvalue weighted by molar-refractivity contribution is 7.15. The van der Waals surface area contributed by atoms with Crippen LogP contribution >= 0.6 is 11.3 Å². The lowest BCUT2D eigenvalue weighted by atomic mass is 9.87. The van der Waals surface area contributed by atoms with E-state index in [0.717, 1.165) is 29.4 Å². The second kappa shape index (κ2) is 6.47. The Morgan fingerprint density at radius 3 is 2.58 bits per heavy atom. The number of nitrogens with zero attached hydrogens (tertiary/aromatic N) is 3. The molecular weight excluding hydrogens is 342 g/mol. The summed E-state index contributed by atoms with van der Waals surface area (Å²) < 4.78 is 2.21. The highest BCUT2D eigenvalue weighted by Gasteiger charge is 2.16. The fraction of sp³-hybridized carbons (Fsp3) is 0.381. The summed E-state index contributed by atoms with van der Waals surface area (Å²) in [6, 6.07) is 8.29. The van der Waals surface area contributed by atoms with E-state index in [-0.39, 0.29) is 11.0 Å². The second-order valence-corrected chi connectivity index (χ2v) is 8.95. The van der Waals surface area contributed by atoms with Gasteiger partial charge in [0.25, 0.3) is 5.56 Å². The third-order valence-electron chi connectivity index (χ3n) is 4.89. The molecule has 0 N–H and O–H groups in total. The highest BCUT2D eigenvalue weighted by Crippen LogP contribution is 2.25. The van der Waals surface area contributed by atoms with Gasteiger partial charge in [-0.05, 0) is 36.2 Å². The summed E-state index contributed by atoms with van der Waals surface area (Å²) >= 11 is 1.44. The number of aromatic nitrogens is 3. The summed E-state index contributed by atoms with van der Waals surface area (Å²) in [5.41, 5.74) is 2.27. The van der Waals surface area contributed by atoms with Crippen LogP contribution in [-0.4, -0.2) is 14.6 Å². The van der Waals surface area contributed by atoms with E-state index in [9.17, 15) is 4.79 Å². The molecule has 1 atom stereocenters. The Hall–Kier alpha value is -2.27. The number of allylic oxidation sites excluding steroid dienone is 2. The molecular formula is C21H23N3OS. The maximum atomic E-state index is 12.7. The molecule has 0 saturated heterocycles. The number of thiazole rings is 1. The van der Waals surface area contributed by atoms with Gasteiger partial charge in [-0.15, -0.1) is 5.10 Å². The molecule has 0 amide bonds. The summed E-state index contributed by atoms with van der Waals surface area (Å²) in [5.74, 6) is 1.06. The zero-order valence-electron chi connectivity index (χ0n) is 15.4. The van der Waals surface area contributed by atoms with Gasteiger partial charge in [0.05, 0.1) is 4.53 Å². The average Bonchev–Trinajstić information content (AvgIpc) is 3.15. The second-order valence-electron chi connectivity index (χ2n) is 7.94. The molecule has 2 heterocycles. The minimum absolute atomic E-state index is 0.0513. The van der Waals surface area contributed by atoms with Crippen LogP contribution in [0.15, 0.2) is 41.2 Å². The van der Waals surface area contributed by atoms with Crippen molar-refractivity contribution < 1.29 is 0 Å². The Balaban J connectivity index is 1.68. The van der Waals surface area contributed by atoms with E-state index in [1.54, 1.807) is 0 Å². The van der Waals surface area contributed by atoms with Crippen molar-refractivity contribution in [3.8, 4) is 11.4 Å². The fourth-order valence-corrected chi connectivity index (χ4v) is 4.25. The van der Waals surface area contributed by atoms with Crippen LogP contribution in [0.4, 0.5) is 0 Å². The van der Waals surface area contributed by atoms with Crippen molar-refractivity contribution in [3.63, 3.8) is 0 Å². The van der Waals surface area contributed by atoms with Gasteiger partial charge in [0.2, 0.25) is 4.96 Å². The fourth-order valence-electron chi connectivity index (χ4n) is 3.27. The lowest BCUT2D eigenvalue weighted by Crippen LogP contribution is -2.25. The zero-order valence-corrected chi connectivity index (χ0v) is 16.2. The predicted octanol–water partition coefficient (Wildman–Crippen LogP) is 3.97. The molecule has 4 nitrogen and oxygen atoms in total. The maximum Gasteiger partial charge on any atom is 0.290 e. The molecule has 0 bridgehead atoms. The van der Waals surface area contributed by atoms with Crippen LogP contribution in [0.3, 0.4) is 0 Å². The number of hydrogen-bond acceptors (Lipinski definition) is 4. The van der Waals surface area contributed by atoms with Gasteiger partial charge in [-0.3, -0.25) is 4.79 Å². The molecule has 1 aromatic carbocycles. The first-order valence-electron chi connectivity index (χ1n) is 9.09. The molecule has 1 aliphatic rings. The van der Waals surface area contributed by atoms with E-state index in [2.05, 4.69) is 61.2 Å². The van der Waals surface area contributed by atoms with Crippen LogP contribution in [-0.2, 0) is 5.41 Å². The Labute approximate surface area is 156 Å². The molecule has 2 aromatic heterocycles. The third-order valence-corrected chi connectivity index (χ3v) is 5.87. The average molecular weight is 366 g/mol. The van der Waals surface area contributed by atoms with Gasteiger partial charge in [0, 0.05) is 5.56 Å². The normalized spacial score (nSPS) is 18.7. The van der Waals surface area contributed by atoms with Crippen molar-refractivity contribution in [2.75, 3.05) is 0 Å². The molecule has 0 saturated carbocycles. The van der Waals surface area contributed by atoms with Crippen molar-refractivity contribution in [3.05, 3.63) is 56.9 Å². The summed E-state index contributed by atoms with van der Waals surface area (Å²) in [6.07, 6.45) is 9.72. The molecule has 3 aromatic rings. The summed E-state index contributed by atoms with van der Waals surface area (Å²) in [5, 5.41) is 4.46. The van der Waals surface area contributed by atoms with Gasteiger partial charge >= 0.3 is 0 Å². The quantitative estimate of drug-likeness (QED) is 0.646. The van der Waals surface area contributed by atoms with E-state index in [4.69, 9.17) is 0 Å². The van der Waals surface area contributed by atoms with Crippen molar-refractivity contribution in [1.29, 1.82) is 0 Å². The zero-order chi connectivity index (χ0) is 18.3. The van der Waals surface area contributed by atoms with Gasteiger partial charge in [0.15, 0.2) is 5.82 Å². The van der Waals surface area contributed by atoms with Crippen LogP contribution in [0.5, 0.6) is 0 Å². The van der Waals surface area contributed by atoms with Crippen LogP contribution in [0.2, 0.25) is 0 Å². The molecule has 4 rings (SSSR count). The first-order valence-corrected chi connectivity index (χ1v) is 9.91. The summed E-state index contributed by atoms with van der Waals surface area (Å²) in [6.45, 7) is 6.57. The monoisotopic (exact) mass is 365 g/mol. The Morgan fingerprint density at radius 2 is 1.96 bits per heavy atom. The number of hydrogen-bond donors (Lipinski definition) is 0. The van der Waals surface area contributed by atoms with E-state index in [1.165, 1.54) is 21.4 Å².